The molecular weight excluding hydrogens is 487 g/mol. The summed E-state index contributed by atoms with van der Waals surface area (Å²) in [5.74, 6) is 0.151. The Morgan fingerprint density at radius 3 is 2.79 bits per heavy atom. The van der Waals surface area contributed by atoms with Crippen LogP contribution in [0.5, 0.6) is 5.75 Å². The van der Waals surface area contributed by atoms with Crippen LogP contribution in [0.1, 0.15) is 13.3 Å². The van der Waals surface area contributed by atoms with E-state index in [1.54, 1.807) is 29.2 Å². The normalized spacial score (nSPS) is 11.0. The number of thiazole rings is 1. The van der Waals surface area contributed by atoms with Crippen LogP contribution in [0.2, 0.25) is 10.0 Å². The number of hydrogen-bond donors (Lipinski definition) is 2. The second kappa shape index (κ2) is 11.2. The van der Waals surface area contributed by atoms with Gasteiger partial charge in [-0.1, -0.05) is 34.5 Å². The molecule has 0 unspecified atom stereocenters. The summed E-state index contributed by atoms with van der Waals surface area (Å²) in [5, 5.41) is 30.8. The molecule has 0 aliphatic heterocycles. The van der Waals surface area contributed by atoms with Crippen molar-refractivity contribution in [1.29, 1.82) is 5.26 Å². The zero-order valence-corrected chi connectivity index (χ0v) is 20.1. The number of amides is 1. The van der Waals surface area contributed by atoms with Gasteiger partial charge < -0.3 is 20.1 Å². The van der Waals surface area contributed by atoms with Crippen LogP contribution < -0.4 is 15.0 Å². The Labute approximate surface area is 204 Å². The summed E-state index contributed by atoms with van der Waals surface area (Å²) in [6, 6.07) is 8.80. The van der Waals surface area contributed by atoms with Crippen LogP contribution in [-0.2, 0) is 4.79 Å². The quantitative estimate of drug-likeness (QED) is 0.358. The summed E-state index contributed by atoms with van der Waals surface area (Å²) in [6.45, 7) is 1.93. The van der Waals surface area contributed by atoms with Crippen LogP contribution in [0.25, 0.3) is 10.2 Å². The van der Waals surface area contributed by atoms with Crippen molar-refractivity contribution in [3.63, 3.8) is 0 Å². The van der Waals surface area contributed by atoms with E-state index in [1.807, 2.05) is 0 Å². The van der Waals surface area contributed by atoms with Gasteiger partial charge in [0, 0.05) is 26.1 Å². The summed E-state index contributed by atoms with van der Waals surface area (Å²) >= 11 is 13.6. The number of nitrogens with one attached hydrogen (secondary N) is 1. The van der Waals surface area contributed by atoms with Crippen molar-refractivity contribution >= 4 is 72.9 Å². The van der Waals surface area contributed by atoms with E-state index in [1.165, 1.54) is 25.4 Å². The Kier molecular flexibility index (Phi) is 8.41. The first-order valence-electron chi connectivity index (χ1n) is 9.76. The van der Waals surface area contributed by atoms with Crippen molar-refractivity contribution in [3.05, 3.63) is 34.3 Å². The fourth-order valence-corrected chi connectivity index (χ4v) is 4.38. The predicted octanol–water partition coefficient (Wildman–Crippen LogP) is 5.70. The van der Waals surface area contributed by atoms with E-state index in [4.69, 9.17) is 33.2 Å². The number of benzene rings is 2. The number of carbonyl (C=O) groups is 1. The van der Waals surface area contributed by atoms with Crippen molar-refractivity contribution in [3.8, 4) is 11.8 Å². The molecule has 0 saturated carbocycles. The third-order valence-corrected chi connectivity index (χ3v) is 6.38. The van der Waals surface area contributed by atoms with Crippen molar-refractivity contribution in [2.45, 2.75) is 13.3 Å². The second-order valence-electron chi connectivity index (χ2n) is 6.75. The maximum absolute atomic E-state index is 11.8. The maximum Gasteiger partial charge on any atom is 0.231 e. The van der Waals surface area contributed by atoms with Gasteiger partial charge in [-0.25, -0.2) is 4.98 Å². The van der Waals surface area contributed by atoms with E-state index < -0.39 is 0 Å². The van der Waals surface area contributed by atoms with Gasteiger partial charge in [0.15, 0.2) is 0 Å². The van der Waals surface area contributed by atoms with Gasteiger partial charge in [0.1, 0.15) is 11.4 Å². The lowest BCUT2D eigenvalue weighted by Gasteiger charge is -2.26. The van der Waals surface area contributed by atoms with Crippen molar-refractivity contribution in [2.24, 2.45) is 10.2 Å². The molecular formula is C21H20Cl2N6O3S. The molecule has 0 fully saturated rings. The topological polar surface area (TPSA) is 123 Å². The Bertz CT molecular complexity index is 1240. The first kappa shape index (κ1) is 24.7. The fraction of sp³-hybridized carbons (Fsp3) is 0.286. The highest BCUT2D eigenvalue weighted by atomic mass is 35.5. The molecule has 0 spiro atoms. The van der Waals surface area contributed by atoms with Gasteiger partial charge in [-0.05, 0) is 18.2 Å². The van der Waals surface area contributed by atoms with Gasteiger partial charge in [-0.3, -0.25) is 4.79 Å². The third kappa shape index (κ3) is 5.89. The number of fused-ring (bicyclic) bond motifs is 1. The average molecular weight is 507 g/mol. The SMILES string of the molecule is COc1cc(N=Nc2nc3ccc(Cl)c(Cl)c3s2)c(NC(C)=O)cc1N(CCO)CCC#N. The standard InChI is InChI=1S/C21H20Cl2N6O3S/c1-12(31)25-15-10-17(29(8-9-30)7-3-6-24)18(32-2)11-16(15)27-28-21-26-14-5-4-13(22)19(23)20(14)33-21/h4-5,10-11,30H,3,7-9H2,1-2H3,(H,25,31). The predicted molar refractivity (Wildman–Crippen MR) is 131 cm³/mol. The van der Waals surface area contributed by atoms with Crippen LogP contribution in [0.4, 0.5) is 22.2 Å². The summed E-state index contributed by atoms with van der Waals surface area (Å²) in [5.41, 5.74) is 1.99. The smallest absolute Gasteiger partial charge is 0.231 e. The Balaban J connectivity index is 2.04. The van der Waals surface area contributed by atoms with E-state index >= 15 is 0 Å². The number of methoxy groups -OCH3 is 1. The molecule has 0 aliphatic rings. The molecule has 9 nitrogen and oxygen atoms in total. The largest absolute Gasteiger partial charge is 0.494 e. The molecule has 0 bridgehead atoms. The number of nitriles is 1. The van der Waals surface area contributed by atoms with Crippen LogP contribution in [0, 0.1) is 11.3 Å². The number of hydrogen-bond acceptors (Lipinski definition) is 9. The first-order chi connectivity index (χ1) is 15.9. The number of halogens is 2. The Hall–Kier alpha value is -2.97. The number of nitrogens with zero attached hydrogens (tertiary/aromatic N) is 5. The highest BCUT2D eigenvalue weighted by molar-refractivity contribution is 7.22. The van der Waals surface area contributed by atoms with Gasteiger partial charge in [0.25, 0.3) is 0 Å². The fourth-order valence-electron chi connectivity index (χ4n) is 3.06. The monoisotopic (exact) mass is 506 g/mol. The Morgan fingerprint density at radius 2 is 2.12 bits per heavy atom. The van der Waals surface area contributed by atoms with Gasteiger partial charge in [-0.2, -0.15) is 5.26 Å². The molecule has 2 N–H and O–H groups in total. The molecule has 172 valence electrons. The molecule has 2 aromatic carbocycles. The number of anilines is 2. The number of aliphatic hydroxyl groups excluding tert-OH is 1. The second-order valence-corrected chi connectivity index (χ2v) is 8.51. The lowest BCUT2D eigenvalue weighted by molar-refractivity contribution is -0.114. The zero-order chi connectivity index (χ0) is 24.0. The molecule has 0 saturated heterocycles. The van der Waals surface area contributed by atoms with Gasteiger partial charge in [0.2, 0.25) is 11.0 Å². The van der Waals surface area contributed by atoms with E-state index in [2.05, 4.69) is 26.6 Å². The molecule has 0 atom stereocenters. The zero-order valence-electron chi connectivity index (χ0n) is 17.8. The number of rotatable bonds is 9. The highest BCUT2D eigenvalue weighted by Crippen LogP contribution is 2.41. The summed E-state index contributed by atoms with van der Waals surface area (Å²) in [7, 11) is 1.50. The molecule has 1 aromatic heterocycles. The molecule has 12 heteroatoms. The lowest BCUT2D eigenvalue weighted by atomic mass is 10.2. The molecule has 1 amide bonds. The van der Waals surface area contributed by atoms with E-state index in [-0.39, 0.29) is 25.5 Å². The van der Waals surface area contributed by atoms with Gasteiger partial charge in [0.05, 0.1) is 57.8 Å². The van der Waals surface area contributed by atoms with Crippen molar-refractivity contribution < 1.29 is 14.6 Å². The number of aromatic nitrogens is 1. The summed E-state index contributed by atoms with van der Waals surface area (Å²) < 4.78 is 6.22. The van der Waals surface area contributed by atoms with Crippen molar-refractivity contribution in [2.75, 3.05) is 37.0 Å². The van der Waals surface area contributed by atoms with Crippen LogP contribution >= 0.6 is 34.5 Å². The molecule has 33 heavy (non-hydrogen) atoms. The van der Waals surface area contributed by atoms with Crippen molar-refractivity contribution in [1.82, 2.24) is 4.98 Å². The van der Waals surface area contributed by atoms with E-state index in [0.29, 0.717) is 54.7 Å². The maximum atomic E-state index is 11.8. The Morgan fingerprint density at radius 1 is 1.33 bits per heavy atom. The van der Waals surface area contributed by atoms with Crippen LogP contribution in [0.15, 0.2) is 34.5 Å². The highest BCUT2D eigenvalue weighted by Gasteiger charge is 2.17. The molecule has 3 rings (SSSR count). The third-order valence-electron chi connectivity index (χ3n) is 4.49. The van der Waals surface area contributed by atoms with Gasteiger partial charge in [-0.15, -0.1) is 10.2 Å². The number of ether oxygens (including phenoxy) is 1. The molecule has 0 radical (unpaired) electrons. The van der Waals surface area contributed by atoms with Crippen LogP contribution in [-0.4, -0.2) is 42.8 Å². The van der Waals surface area contributed by atoms with E-state index in [0.717, 1.165) is 0 Å². The minimum atomic E-state index is -0.297. The lowest BCUT2D eigenvalue weighted by Crippen LogP contribution is -2.28. The van der Waals surface area contributed by atoms with E-state index in [9.17, 15) is 9.90 Å². The average Bonchev–Trinajstić information content (AvgIpc) is 3.21. The molecule has 0 aliphatic carbocycles. The van der Waals surface area contributed by atoms with Gasteiger partial charge >= 0.3 is 0 Å². The number of carbonyl (C=O) groups excluding carboxylic acids is 1. The minimum Gasteiger partial charge on any atom is -0.494 e. The minimum absolute atomic E-state index is 0.115. The summed E-state index contributed by atoms with van der Waals surface area (Å²) in [4.78, 5) is 18.0. The number of azo groups is 1. The summed E-state index contributed by atoms with van der Waals surface area (Å²) in [6.07, 6.45) is 0.254. The number of aliphatic hydroxyl groups is 1. The van der Waals surface area contributed by atoms with Crippen LogP contribution in [0.3, 0.4) is 0 Å². The molecule has 3 aromatic rings. The first-order valence-corrected chi connectivity index (χ1v) is 11.3. The molecule has 1 heterocycles.